The van der Waals surface area contributed by atoms with E-state index in [1.165, 1.54) is 9.87 Å². The maximum atomic E-state index is 13.1. The maximum Gasteiger partial charge on any atom is 0.242 e. The summed E-state index contributed by atoms with van der Waals surface area (Å²) in [5, 5.41) is 0. The van der Waals surface area contributed by atoms with Crippen LogP contribution in [0.3, 0.4) is 0 Å². The monoisotopic (exact) mass is 374 g/mol. The summed E-state index contributed by atoms with van der Waals surface area (Å²) in [5.41, 5.74) is 2.28. The van der Waals surface area contributed by atoms with Gasteiger partial charge < -0.3 is 9.47 Å². The number of nitrogens with zero attached hydrogens (tertiary/aromatic N) is 4. The van der Waals surface area contributed by atoms with E-state index in [0.29, 0.717) is 17.4 Å². The van der Waals surface area contributed by atoms with E-state index in [4.69, 9.17) is 0 Å². The molecule has 0 radical (unpaired) electrons. The summed E-state index contributed by atoms with van der Waals surface area (Å²) in [5.74, 6) is 1.42. The number of imidazole rings is 1. The highest BCUT2D eigenvalue weighted by molar-refractivity contribution is 7.89. The first-order chi connectivity index (χ1) is 12.4. The summed E-state index contributed by atoms with van der Waals surface area (Å²) in [4.78, 5) is 6.89. The van der Waals surface area contributed by atoms with E-state index in [1.807, 2.05) is 31.6 Å². The number of aromatic nitrogens is 2. The molecule has 0 spiro atoms. The van der Waals surface area contributed by atoms with Crippen molar-refractivity contribution >= 4 is 15.7 Å². The highest BCUT2D eigenvalue weighted by atomic mass is 32.2. The first-order valence-corrected chi connectivity index (χ1v) is 10.7. The van der Waals surface area contributed by atoms with Crippen molar-refractivity contribution < 1.29 is 8.42 Å². The zero-order chi connectivity index (χ0) is 18.3. The molecule has 2 aliphatic heterocycles. The van der Waals surface area contributed by atoms with E-state index in [9.17, 15) is 8.42 Å². The Morgan fingerprint density at radius 1 is 1.31 bits per heavy atom. The number of benzene rings is 1. The number of anilines is 1. The van der Waals surface area contributed by atoms with Gasteiger partial charge in [0.2, 0.25) is 10.0 Å². The molecule has 1 unspecified atom stereocenters. The highest BCUT2D eigenvalue weighted by Crippen LogP contribution is 2.30. The van der Waals surface area contributed by atoms with E-state index < -0.39 is 10.0 Å². The van der Waals surface area contributed by atoms with Gasteiger partial charge in [0.05, 0.1) is 4.90 Å². The fourth-order valence-corrected chi connectivity index (χ4v) is 5.39. The van der Waals surface area contributed by atoms with Crippen LogP contribution in [0.5, 0.6) is 0 Å². The van der Waals surface area contributed by atoms with Crippen molar-refractivity contribution in [3.05, 3.63) is 42.0 Å². The van der Waals surface area contributed by atoms with Crippen LogP contribution in [0.1, 0.15) is 24.2 Å². The molecule has 0 saturated heterocycles. The Hall–Kier alpha value is -1.86. The fraction of sp³-hybridized carbons (Fsp3) is 0.526. The van der Waals surface area contributed by atoms with E-state index in [2.05, 4.69) is 14.5 Å². The smallest absolute Gasteiger partial charge is 0.242 e. The number of aryl methyl sites for hydroxylation is 2. The summed E-state index contributed by atoms with van der Waals surface area (Å²) in [6.45, 7) is 2.34. The van der Waals surface area contributed by atoms with Crippen LogP contribution in [0.4, 0.5) is 5.69 Å². The van der Waals surface area contributed by atoms with Gasteiger partial charge in [0, 0.05) is 58.2 Å². The zero-order valence-corrected chi connectivity index (χ0v) is 16.2. The summed E-state index contributed by atoms with van der Waals surface area (Å²) >= 11 is 0. The molecular weight excluding hydrogens is 348 g/mol. The topological polar surface area (TPSA) is 58.4 Å². The number of hydrogen-bond donors (Lipinski definition) is 0. The summed E-state index contributed by atoms with van der Waals surface area (Å²) in [6, 6.07) is 5.58. The van der Waals surface area contributed by atoms with E-state index in [0.717, 1.165) is 50.3 Å². The molecule has 1 atom stereocenters. The predicted octanol–water partition coefficient (Wildman–Crippen LogP) is 2.15. The molecular formula is C19H26N4O2S. The molecule has 0 N–H and O–H groups in total. The largest absolute Gasteiger partial charge is 0.374 e. The molecule has 4 rings (SSSR count). The van der Waals surface area contributed by atoms with Gasteiger partial charge in [-0.3, -0.25) is 0 Å². The SMILES string of the molecule is CN1CCCc2ccc(S(=O)(=O)N(C)CC3CCc4nccn4C3)cc21. The summed E-state index contributed by atoms with van der Waals surface area (Å²) < 4.78 is 29.8. The molecule has 0 fully saturated rings. The number of sulfonamides is 1. The first kappa shape index (κ1) is 17.5. The second-order valence-corrected chi connectivity index (χ2v) is 9.55. The van der Waals surface area contributed by atoms with Gasteiger partial charge in [0.25, 0.3) is 0 Å². The third kappa shape index (κ3) is 3.14. The Morgan fingerprint density at radius 2 is 2.15 bits per heavy atom. The predicted molar refractivity (Wildman–Crippen MR) is 102 cm³/mol. The number of fused-ring (bicyclic) bond motifs is 2. The molecule has 26 heavy (non-hydrogen) atoms. The fourth-order valence-electron chi connectivity index (χ4n) is 4.13. The van der Waals surface area contributed by atoms with Crippen LogP contribution in [0.2, 0.25) is 0 Å². The van der Waals surface area contributed by atoms with Gasteiger partial charge in [-0.15, -0.1) is 0 Å². The van der Waals surface area contributed by atoms with Crippen molar-refractivity contribution in [3.8, 4) is 0 Å². The van der Waals surface area contributed by atoms with Gasteiger partial charge in [0.1, 0.15) is 5.82 Å². The minimum absolute atomic E-state index is 0.316. The molecule has 0 amide bonds. The van der Waals surface area contributed by atoms with Gasteiger partial charge in [0.15, 0.2) is 0 Å². The van der Waals surface area contributed by atoms with Gasteiger partial charge >= 0.3 is 0 Å². The average Bonchev–Trinajstić information content (AvgIpc) is 3.09. The molecule has 6 nitrogen and oxygen atoms in total. The van der Waals surface area contributed by atoms with E-state index in [1.54, 1.807) is 13.1 Å². The lowest BCUT2D eigenvalue weighted by atomic mass is 10.00. The van der Waals surface area contributed by atoms with Gasteiger partial charge in [-0.2, -0.15) is 0 Å². The van der Waals surface area contributed by atoms with E-state index >= 15 is 0 Å². The lowest BCUT2D eigenvalue weighted by Crippen LogP contribution is -2.35. The highest BCUT2D eigenvalue weighted by Gasteiger charge is 2.27. The standard InChI is InChI=1S/C19H26N4O2S/c1-21-10-3-4-16-6-7-17(12-18(16)21)26(24,25)22(2)13-15-5-8-19-20-9-11-23(19)14-15/h6-7,9,11-12,15H,3-5,8,10,13-14H2,1-2H3. The van der Waals surface area contributed by atoms with Crippen LogP contribution < -0.4 is 4.90 Å². The first-order valence-electron chi connectivity index (χ1n) is 9.25. The molecule has 7 heteroatoms. The zero-order valence-electron chi connectivity index (χ0n) is 15.4. The van der Waals surface area contributed by atoms with Crippen molar-refractivity contribution in [3.63, 3.8) is 0 Å². The third-order valence-corrected chi connectivity index (χ3v) is 7.48. The van der Waals surface area contributed by atoms with Crippen LogP contribution in [0, 0.1) is 5.92 Å². The Labute approximate surface area is 155 Å². The lowest BCUT2D eigenvalue weighted by molar-refractivity contribution is 0.303. The molecule has 0 saturated carbocycles. The maximum absolute atomic E-state index is 13.1. The second-order valence-electron chi connectivity index (χ2n) is 7.50. The van der Waals surface area contributed by atoms with Crippen LogP contribution >= 0.6 is 0 Å². The minimum Gasteiger partial charge on any atom is -0.374 e. The van der Waals surface area contributed by atoms with Gasteiger partial charge in [-0.1, -0.05) is 6.07 Å². The molecule has 2 aromatic rings. The van der Waals surface area contributed by atoms with Crippen molar-refractivity contribution in [2.24, 2.45) is 5.92 Å². The van der Waals surface area contributed by atoms with Crippen molar-refractivity contribution in [1.29, 1.82) is 0 Å². The molecule has 2 aliphatic rings. The van der Waals surface area contributed by atoms with Crippen molar-refractivity contribution in [2.75, 3.05) is 32.1 Å². The van der Waals surface area contributed by atoms with Crippen LogP contribution in [-0.4, -0.2) is 49.5 Å². The molecule has 3 heterocycles. The second kappa shape index (κ2) is 6.70. The number of hydrogen-bond acceptors (Lipinski definition) is 4. The minimum atomic E-state index is -3.48. The normalized spacial score (nSPS) is 20.1. The Balaban J connectivity index is 1.52. The molecule has 1 aromatic carbocycles. The van der Waals surface area contributed by atoms with E-state index in [-0.39, 0.29) is 0 Å². The van der Waals surface area contributed by atoms with Crippen LogP contribution in [-0.2, 0) is 29.4 Å². The van der Waals surface area contributed by atoms with Crippen LogP contribution in [0.15, 0.2) is 35.5 Å². The lowest BCUT2D eigenvalue weighted by Gasteiger charge is -2.30. The number of rotatable bonds is 4. The Kier molecular flexibility index (Phi) is 4.52. The Bertz CT molecular complexity index is 906. The summed E-state index contributed by atoms with van der Waals surface area (Å²) in [6.07, 6.45) is 7.83. The average molecular weight is 375 g/mol. The molecule has 0 aliphatic carbocycles. The van der Waals surface area contributed by atoms with Crippen molar-refractivity contribution in [1.82, 2.24) is 13.9 Å². The third-order valence-electron chi connectivity index (χ3n) is 5.66. The van der Waals surface area contributed by atoms with Crippen LogP contribution in [0.25, 0.3) is 0 Å². The molecule has 0 bridgehead atoms. The summed E-state index contributed by atoms with van der Waals surface area (Å²) in [7, 11) is 0.249. The van der Waals surface area contributed by atoms with Gasteiger partial charge in [-0.05, 0) is 42.9 Å². The molecule has 1 aromatic heterocycles. The van der Waals surface area contributed by atoms with Gasteiger partial charge in [-0.25, -0.2) is 17.7 Å². The molecule has 140 valence electrons. The van der Waals surface area contributed by atoms with Crippen molar-refractivity contribution in [2.45, 2.75) is 37.1 Å². The Morgan fingerprint density at radius 3 is 3.00 bits per heavy atom. The quantitative estimate of drug-likeness (QED) is 0.823.